The summed E-state index contributed by atoms with van der Waals surface area (Å²) in [5.74, 6) is 0.301. The summed E-state index contributed by atoms with van der Waals surface area (Å²) < 4.78 is 5.67. The Bertz CT molecular complexity index is 668. The van der Waals surface area contributed by atoms with Crippen LogP contribution in [-0.4, -0.2) is 25.0 Å². The molecule has 0 heterocycles. The SMILES string of the molecule is CC(=O)Nc1ccc(O[C@H](C)C(=O)N(C)c2ccccc2)cc1. The van der Waals surface area contributed by atoms with Crippen LogP contribution < -0.4 is 15.0 Å². The van der Waals surface area contributed by atoms with E-state index in [1.165, 1.54) is 6.92 Å². The van der Waals surface area contributed by atoms with Gasteiger partial charge < -0.3 is 15.0 Å². The monoisotopic (exact) mass is 312 g/mol. The first-order valence-corrected chi connectivity index (χ1v) is 7.34. The average Bonchev–Trinajstić information content (AvgIpc) is 2.55. The molecule has 2 rings (SSSR count). The summed E-state index contributed by atoms with van der Waals surface area (Å²) in [5, 5.41) is 2.68. The Hall–Kier alpha value is -2.82. The highest BCUT2D eigenvalue weighted by molar-refractivity contribution is 5.96. The van der Waals surface area contributed by atoms with E-state index < -0.39 is 6.10 Å². The summed E-state index contributed by atoms with van der Waals surface area (Å²) in [7, 11) is 1.72. The summed E-state index contributed by atoms with van der Waals surface area (Å²) in [6.07, 6.45) is -0.619. The van der Waals surface area contributed by atoms with Crippen molar-refractivity contribution in [3.8, 4) is 5.75 Å². The van der Waals surface area contributed by atoms with Crippen molar-refractivity contribution < 1.29 is 14.3 Å². The number of ether oxygens (including phenoxy) is 1. The van der Waals surface area contributed by atoms with Crippen LogP contribution in [0.5, 0.6) is 5.75 Å². The van der Waals surface area contributed by atoms with Gasteiger partial charge in [0.2, 0.25) is 5.91 Å². The van der Waals surface area contributed by atoms with Crippen LogP contribution >= 0.6 is 0 Å². The van der Waals surface area contributed by atoms with Crippen LogP contribution in [0.25, 0.3) is 0 Å². The maximum absolute atomic E-state index is 12.4. The molecule has 0 aliphatic rings. The number of rotatable bonds is 5. The van der Waals surface area contributed by atoms with Gasteiger partial charge in [-0.1, -0.05) is 18.2 Å². The van der Waals surface area contributed by atoms with Crippen molar-refractivity contribution in [1.82, 2.24) is 0 Å². The molecular weight excluding hydrogens is 292 g/mol. The van der Waals surface area contributed by atoms with Gasteiger partial charge in [-0.25, -0.2) is 0 Å². The molecule has 2 aromatic carbocycles. The third-order valence-electron chi connectivity index (χ3n) is 3.31. The van der Waals surface area contributed by atoms with Crippen molar-refractivity contribution in [2.45, 2.75) is 20.0 Å². The lowest BCUT2D eigenvalue weighted by atomic mass is 10.2. The van der Waals surface area contributed by atoms with Crippen LogP contribution in [0, 0.1) is 0 Å². The molecule has 0 aromatic heterocycles. The molecule has 1 N–H and O–H groups in total. The zero-order valence-corrected chi connectivity index (χ0v) is 13.4. The Kier molecular flexibility index (Phi) is 5.36. The fraction of sp³-hybridized carbons (Fsp3) is 0.222. The molecule has 23 heavy (non-hydrogen) atoms. The highest BCUT2D eigenvalue weighted by atomic mass is 16.5. The molecule has 0 saturated carbocycles. The molecule has 0 saturated heterocycles. The molecule has 0 aliphatic carbocycles. The zero-order chi connectivity index (χ0) is 16.8. The van der Waals surface area contributed by atoms with E-state index in [1.54, 1.807) is 43.1 Å². The molecule has 5 nitrogen and oxygen atoms in total. The Balaban J connectivity index is 1.99. The number of carbonyl (C=O) groups is 2. The minimum atomic E-state index is -0.619. The summed E-state index contributed by atoms with van der Waals surface area (Å²) in [6.45, 7) is 3.16. The fourth-order valence-corrected chi connectivity index (χ4v) is 2.13. The number of nitrogens with one attached hydrogen (secondary N) is 1. The Morgan fingerprint density at radius 1 is 1.04 bits per heavy atom. The van der Waals surface area contributed by atoms with Gasteiger partial charge in [0.05, 0.1) is 0 Å². The van der Waals surface area contributed by atoms with Gasteiger partial charge in [0.15, 0.2) is 6.10 Å². The van der Waals surface area contributed by atoms with E-state index in [9.17, 15) is 9.59 Å². The van der Waals surface area contributed by atoms with E-state index in [0.717, 1.165) is 5.69 Å². The molecule has 0 bridgehead atoms. The lowest BCUT2D eigenvalue weighted by molar-refractivity contribution is -0.124. The summed E-state index contributed by atoms with van der Waals surface area (Å²) in [6, 6.07) is 16.3. The van der Waals surface area contributed by atoms with Crippen LogP contribution in [-0.2, 0) is 9.59 Å². The lowest BCUT2D eigenvalue weighted by Gasteiger charge is -2.22. The molecule has 1 atom stereocenters. The van der Waals surface area contributed by atoms with Gasteiger partial charge in [0, 0.05) is 25.3 Å². The van der Waals surface area contributed by atoms with Crippen LogP contribution in [0.15, 0.2) is 54.6 Å². The number of likely N-dealkylation sites (N-methyl/N-ethyl adjacent to an activating group) is 1. The smallest absolute Gasteiger partial charge is 0.267 e. The van der Waals surface area contributed by atoms with E-state index in [0.29, 0.717) is 11.4 Å². The molecule has 5 heteroatoms. The van der Waals surface area contributed by atoms with Crippen molar-refractivity contribution in [2.24, 2.45) is 0 Å². The Morgan fingerprint density at radius 2 is 1.65 bits per heavy atom. The topological polar surface area (TPSA) is 58.6 Å². The predicted molar refractivity (Wildman–Crippen MR) is 90.7 cm³/mol. The number of carbonyl (C=O) groups excluding carboxylic acids is 2. The van der Waals surface area contributed by atoms with Crippen LogP contribution in [0.1, 0.15) is 13.8 Å². The van der Waals surface area contributed by atoms with Crippen LogP contribution in [0.4, 0.5) is 11.4 Å². The van der Waals surface area contributed by atoms with E-state index >= 15 is 0 Å². The number of amides is 2. The molecule has 0 radical (unpaired) electrons. The maximum Gasteiger partial charge on any atom is 0.267 e. The number of anilines is 2. The quantitative estimate of drug-likeness (QED) is 0.923. The molecular formula is C18H20N2O3. The first-order valence-electron chi connectivity index (χ1n) is 7.34. The Morgan fingerprint density at radius 3 is 2.22 bits per heavy atom. The minimum Gasteiger partial charge on any atom is -0.481 e. The zero-order valence-electron chi connectivity index (χ0n) is 13.4. The van der Waals surface area contributed by atoms with E-state index in [-0.39, 0.29) is 11.8 Å². The summed E-state index contributed by atoms with van der Waals surface area (Å²) in [5.41, 5.74) is 1.50. The molecule has 0 unspecified atom stereocenters. The molecule has 0 spiro atoms. The minimum absolute atomic E-state index is 0.133. The summed E-state index contributed by atoms with van der Waals surface area (Å²) in [4.78, 5) is 25.0. The second-order valence-electron chi connectivity index (χ2n) is 5.20. The maximum atomic E-state index is 12.4. The van der Waals surface area contributed by atoms with Crippen molar-refractivity contribution in [3.05, 3.63) is 54.6 Å². The first-order chi connectivity index (χ1) is 11.0. The highest BCUT2D eigenvalue weighted by Crippen LogP contribution is 2.19. The number of nitrogens with zero attached hydrogens (tertiary/aromatic N) is 1. The van der Waals surface area contributed by atoms with Crippen molar-refractivity contribution in [2.75, 3.05) is 17.3 Å². The van der Waals surface area contributed by atoms with Gasteiger partial charge in [-0.05, 0) is 43.3 Å². The van der Waals surface area contributed by atoms with E-state index in [2.05, 4.69) is 5.32 Å². The third-order valence-corrected chi connectivity index (χ3v) is 3.31. The second kappa shape index (κ2) is 7.45. The molecule has 2 amide bonds. The fourth-order valence-electron chi connectivity index (χ4n) is 2.13. The first kappa shape index (κ1) is 16.5. The normalized spacial score (nSPS) is 11.4. The predicted octanol–water partition coefficient (Wildman–Crippen LogP) is 3.08. The van der Waals surface area contributed by atoms with Gasteiger partial charge in [-0.2, -0.15) is 0 Å². The molecule has 2 aromatic rings. The molecule has 0 fully saturated rings. The van der Waals surface area contributed by atoms with Crippen LogP contribution in [0.3, 0.4) is 0 Å². The third kappa shape index (κ3) is 4.57. The standard InChI is InChI=1S/C18H20N2O3/c1-13(18(22)20(3)16-7-5-4-6-8-16)23-17-11-9-15(10-12-17)19-14(2)21/h4-13H,1-3H3,(H,19,21)/t13-/m1/s1. The van der Waals surface area contributed by atoms with Gasteiger partial charge in [-0.3, -0.25) is 9.59 Å². The molecule has 120 valence electrons. The number of hydrogen-bond donors (Lipinski definition) is 1. The van der Waals surface area contributed by atoms with E-state index in [1.807, 2.05) is 30.3 Å². The molecule has 0 aliphatic heterocycles. The van der Waals surface area contributed by atoms with Crippen molar-refractivity contribution in [1.29, 1.82) is 0 Å². The van der Waals surface area contributed by atoms with E-state index in [4.69, 9.17) is 4.74 Å². The van der Waals surface area contributed by atoms with Crippen molar-refractivity contribution >= 4 is 23.2 Å². The van der Waals surface area contributed by atoms with Crippen LogP contribution in [0.2, 0.25) is 0 Å². The average molecular weight is 312 g/mol. The van der Waals surface area contributed by atoms with Crippen molar-refractivity contribution in [3.63, 3.8) is 0 Å². The summed E-state index contributed by atoms with van der Waals surface area (Å²) >= 11 is 0. The highest BCUT2D eigenvalue weighted by Gasteiger charge is 2.20. The van der Waals surface area contributed by atoms with Gasteiger partial charge in [0.25, 0.3) is 5.91 Å². The number of benzene rings is 2. The number of hydrogen-bond acceptors (Lipinski definition) is 3. The second-order valence-corrected chi connectivity index (χ2v) is 5.20. The van der Waals surface area contributed by atoms with Gasteiger partial charge in [-0.15, -0.1) is 0 Å². The van der Waals surface area contributed by atoms with Gasteiger partial charge in [0.1, 0.15) is 5.75 Å². The Labute approximate surface area is 135 Å². The lowest BCUT2D eigenvalue weighted by Crippen LogP contribution is -2.37. The number of para-hydroxylation sites is 1. The largest absolute Gasteiger partial charge is 0.481 e. The van der Waals surface area contributed by atoms with Gasteiger partial charge >= 0.3 is 0 Å².